The van der Waals surface area contributed by atoms with Crippen LogP contribution in [0.25, 0.3) is 0 Å². The maximum atomic E-state index is 14.3. The van der Waals surface area contributed by atoms with Gasteiger partial charge in [0.25, 0.3) is 0 Å². The van der Waals surface area contributed by atoms with Gasteiger partial charge in [-0.05, 0) is 25.3 Å². The highest BCUT2D eigenvalue weighted by molar-refractivity contribution is 5.76. The molecule has 1 saturated carbocycles. The third-order valence-corrected chi connectivity index (χ3v) is 6.21. The van der Waals surface area contributed by atoms with Crippen molar-refractivity contribution < 1.29 is 41.4 Å². The van der Waals surface area contributed by atoms with E-state index in [-0.39, 0.29) is 61.2 Å². The van der Waals surface area contributed by atoms with Gasteiger partial charge in [-0.3, -0.25) is 4.79 Å². The molecule has 1 aliphatic heterocycles. The first-order chi connectivity index (χ1) is 17.4. The molecule has 2 fully saturated rings. The highest BCUT2D eigenvalue weighted by atomic mass is 19.4. The standard InChI is InChI=1S/C24H32F4N4O5/c1-14(2)21(33)36-13-15-8-18(12-31(11-15)22(34)29-3)32(17-5-6-17)23(35)30-10-16-4-7-19(9-20(16)25)37-24(26,27)28/h4,7,9,14-15,17-18H,5-6,8,10-13H2,1-3H3,(H,29,34)(H,30,35)/t15-,18+/m0/s1. The molecule has 1 heterocycles. The largest absolute Gasteiger partial charge is 0.573 e. The Morgan fingerprint density at radius 2 is 1.86 bits per heavy atom. The van der Waals surface area contributed by atoms with Gasteiger partial charge in [-0.15, -0.1) is 13.2 Å². The van der Waals surface area contributed by atoms with E-state index < -0.39 is 24.0 Å². The maximum absolute atomic E-state index is 14.3. The average Bonchev–Trinajstić information content (AvgIpc) is 3.65. The van der Waals surface area contributed by atoms with Crippen LogP contribution >= 0.6 is 0 Å². The molecule has 0 bridgehead atoms. The number of hydrogen-bond acceptors (Lipinski definition) is 5. The number of halogens is 4. The third kappa shape index (κ3) is 8.12. The smallest absolute Gasteiger partial charge is 0.465 e. The zero-order valence-corrected chi connectivity index (χ0v) is 20.9. The molecule has 1 aromatic carbocycles. The lowest BCUT2D eigenvalue weighted by Gasteiger charge is -2.42. The summed E-state index contributed by atoms with van der Waals surface area (Å²) in [7, 11) is 1.50. The summed E-state index contributed by atoms with van der Waals surface area (Å²) in [5.74, 6) is -2.47. The van der Waals surface area contributed by atoms with Crippen LogP contribution in [0.4, 0.5) is 27.2 Å². The van der Waals surface area contributed by atoms with E-state index in [2.05, 4.69) is 15.4 Å². The van der Waals surface area contributed by atoms with Gasteiger partial charge in [-0.25, -0.2) is 14.0 Å². The number of esters is 1. The Kier molecular flexibility index (Phi) is 9.08. The second kappa shape index (κ2) is 11.9. The lowest BCUT2D eigenvalue weighted by Crippen LogP contribution is -2.58. The molecule has 206 valence electrons. The van der Waals surface area contributed by atoms with Crippen LogP contribution in [-0.2, 0) is 16.1 Å². The van der Waals surface area contributed by atoms with E-state index >= 15 is 0 Å². The molecule has 37 heavy (non-hydrogen) atoms. The molecule has 1 saturated heterocycles. The van der Waals surface area contributed by atoms with Crippen molar-refractivity contribution in [2.24, 2.45) is 11.8 Å². The summed E-state index contributed by atoms with van der Waals surface area (Å²) in [5, 5.41) is 5.23. The highest BCUT2D eigenvalue weighted by Crippen LogP contribution is 2.33. The van der Waals surface area contributed by atoms with Crippen molar-refractivity contribution in [1.82, 2.24) is 20.4 Å². The van der Waals surface area contributed by atoms with E-state index in [0.29, 0.717) is 19.0 Å². The van der Waals surface area contributed by atoms with Crippen LogP contribution in [-0.4, -0.2) is 73.0 Å². The summed E-state index contributed by atoms with van der Waals surface area (Å²) in [6.45, 7) is 3.94. The number of nitrogens with zero attached hydrogens (tertiary/aromatic N) is 2. The Morgan fingerprint density at radius 3 is 2.43 bits per heavy atom. The van der Waals surface area contributed by atoms with Crippen LogP contribution in [0.2, 0.25) is 0 Å². The van der Waals surface area contributed by atoms with E-state index in [1.54, 1.807) is 23.6 Å². The summed E-state index contributed by atoms with van der Waals surface area (Å²) in [6.07, 6.45) is -2.90. The molecule has 9 nitrogen and oxygen atoms in total. The molecule has 2 atom stereocenters. The zero-order chi connectivity index (χ0) is 27.3. The molecule has 4 amide bonds. The number of benzene rings is 1. The molecule has 1 aliphatic carbocycles. The van der Waals surface area contributed by atoms with Crippen LogP contribution in [0.3, 0.4) is 0 Å². The van der Waals surface area contributed by atoms with Crippen molar-refractivity contribution in [2.75, 3.05) is 26.7 Å². The van der Waals surface area contributed by atoms with Crippen molar-refractivity contribution in [3.8, 4) is 5.75 Å². The highest BCUT2D eigenvalue weighted by Gasteiger charge is 2.42. The van der Waals surface area contributed by atoms with Crippen LogP contribution in [0.5, 0.6) is 5.75 Å². The second-order valence-electron chi connectivity index (χ2n) is 9.60. The van der Waals surface area contributed by atoms with E-state index in [1.807, 2.05) is 0 Å². The predicted molar refractivity (Wildman–Crippen MR) is 124 cm³/mol. The molecule has 1 aromatic rings. The van der Waals surface area contributed by atoms with Crippen LogP contribution in [0, 0.1) is 17.7 Å². The Hall–Kier alpha value is -3.25. The van der Waals surface area contributed by atoms with Crippen LogP contribution in [0.1, 0.15) is 38.7 Å². The number of rotatable bonds is 8. The fourth-order valence-electron chi connectivity index (χ4n) is 4.30. The first-order valence-electron chi connectivity index (χ1n) is 12.1. The molecule has 2 aliphatic rings. The summed E-state index contributed by atoms with van der Waals surface area (Å²) in [6, 6.07) is 1.49. The number of urea groups is 2. The summed E-state index contributed by atoms with van der Waals surface area (Å²) >= 11 is 0. The number of hydrogen-bond donors (Lipinski definition) is 2. The number of carbonyl (C=O) groups is 3. The topological polar surface area (TPSA) is 100 Å². The van der Waals surface area contributed by atoms with Gasteiger partial charge in [0.05, 0.1) is 18.6 Å². The summed E-state index contributed by atoms with van der Waals surface area (Å²) in [4.78, 5) is 40.8. The van der Waals surface area contributed by atoms with Gasteiger partial charge in [-0.1, -0.05) is 19.9 Å². The van der Waals surface area contributed by atoms with Crippen molar-refractivity contribution in [3.63, 3.8) is 0 Å². The first kappa shape index (κ1) is 28.3. The molecule has 3 rings (SSSR count). The molecule has 2 N–H and O–H groups in total. The summed E-state index contributed by atoms with van der Waals surface area (Å²) in [5.41, 5.74) is -0.00673. The van der Waals surface area contributed by atoms with Crippen LogP contribution < -0.4 is 15.4 Å². The molecule has 0 spiro atoms. The van der Waals surface area contributed by atoms with Crippen molar-refractivity contribution in [2.45, 2.75) is 58.1 Å². The average molecular weight is 533 g/mol. The van der Waals surface area contributed by atoms with Crippen LogP contribution in [0.15, 0.2) is 18.2 Å². The normalized spacial score (nSPS) is 19.8. The second-order valence-corrected chi connectivity index (χ2v) is 9.60. The Balaban J connectivity index is 1.68. The first-order valence-corrected chi connectivity index (χ1v) is 12.1. The van der Waals surface area contributed by atoms with Gasteiger partial charge in [0.1, 0.15) is 11.6 Å². The minimum Gasteiger partial charge on any atom is -0.465 e. The number of likely N-dealkylation sites (tertiary alicyclic amines) is 1. The molecule has 13 heteroatoms. The Labute approximate surface area is 212 Å². The monoisotopic (exact) mass is 532 g/mol. The van der Waals surface area contributed by atoms with Crippen molar-refractivity contribution in [1.29, 1.82) is 0 Å². The van der Waals surface area contributed by atoms with Crippen molar-refractivity contribution in [3.05, 3.63) is 29.6 Å². The number of nitrogens with one attached hydrogen (secondary N) is 2. The SMILES string of the molecule is CNC(=O)N1C[C@@H](COC(=O)C(C)C)C[C@@H](N(C(=O)NCc2ccc(OC(F)(F)F)cc2F)C2CC2)C1. The maximum Gasteiger partial charge on any atom is 0.573 e. The van der Waals surface area contributed by atoms with Crippen molar-refractivity contribution >= 4 is 18.0 Å². The zero-order valence-electron chi connectivity index (χ0n) is 20.9. The third-order valence-electron chi connectivity index (χ3n) is 6.21. The molecular weight excluding hydrogens is 500 g/mol. The Bertz CT molecular complexity index is 986. The minimum absolute atomic E-state index is 0.00673. The minimum atomic E-state index is -4.94. The fraction of sp³-hybridized carbons (Fsp3) is 0.625. The molecule has 0 radical (unpaired) electrons. The quantitative estimate of drug-likeness (QED) is 0.394. The van der Waals surface area contributed by atoms with Gasteiger partial charge < -0.3 is 29.9 Å². The molecule has 0 unspecified atom stereocenters. The van der Waals surface area contributed by atoms with Gasteiger partial charge in [0, 0.05) is 50.3 Å². The number of amides is 4. The van der Waals surface area contributed by atoms with E-state index in [9.17, 15) is 31.9 Å². The predicted octanol–water partition coefficient (Wildman–Crippen LogP) is 3.63. The number of ether oxygens (including phenoxy) is 2. The number of alkyl halides is 3. The van der Waals surface area contributed by atoms with E-state index in [4.69, 9.17) is 4.74 Å². The summed E-state index contributed by atoms with van der Waals surface area (Å²) < 4.78 is 60.5. The van der Waals surface area contributed by atoms with E-state index in [1.165, 1.54) is 7.05 Å². The molecule has 0 aromatic heterocycles. The van der Waals surface area contributed by atoms with Gasteiger partial charge in [0.2, 0.25) is 0 Å². The molecular formula is C24H32F4N4O5. The fourth-order valence-corrected chi connectivity index (χ4v) is 4.30. The Morgan fingerprint density at radius 1 is 1.16 bits per heavy atom. The van der Waals surface area contributed by atoms with E-state index in [0.717, 1.165) is 25.0 Å². The number of piperidine rings is 1. The van der Waals surface area contributed by atoms with Gasteiger partial charge in [0.15, 0.2) is 0 Å². The number of carbonyl (C=O) groups excluding carboxylic acids is 3. The van der Waals surface area contributed by atoms with Gasteiger partial charge in [-0.2, -0.15) is 0 Å². The van der Waals surface area contributed by atoms with Gasteiger partial charge >= 0.3 is 24.4 Å². The lowest BCUT2D eigenvalue weighted by molar-refractivity contribution is -0.274. The lowest BCUT2D eigenvalue weighted by atomic mass is 9.93.